The van der Waals surface area contributed by atoms with Gasteiger partial charge in [0, 0.05) is 27.5 Å². The number of hydrogen-bond donors (Lipinski definition) is 0. The predicted molar refractivity (Wildman–Crippen MR) is 217 cm³/mol. The van der Waals surface area contributed by atoms with E-state index in [4.69, 9.17) is 19.4 Å². The third-order valence-corrected chi connectivity index (χ3v) is 9.95. The van der Waals surface area contributed by atoms with Crippen LogP contribution in [0.3, 0.4) is 0 Å². The fourth-order valence-electron chi connectivity index (χ4n) is 7.21. The molecular formula is C49H31N3O. The first kappa shape index (κ1) is 30.6. The molecule has 248 valence electrons. The van der Waals surface area contributed by atoms with Gasteiger partial charge in [-0.05, 0) is 68.4 Å². The summed E-state index contributed by atoms with van der Waals surface area (Å²) in [4.78, 5) is 15.1. The molecule has 0 aliphatic rings. The molecule has 0 atom stereocenters. The van der Waals surface area contributed by atoms with Crippen molar-refractivity contribution in [2.24, 2.45) is 0 Å². The SMILES string of the molecule is c1ccc(-c2ccc(-c3nc(-c4ccc(-c5ccccc5)cc4)nc(-c4ccc5c(c4)oc4cccc(-c6ccc7ccccc7c6)c45)n3)cc2)cc1. The summed E-state index contributed by atoms with van der Waals surface area (Å²) >= 11 is 0. The van der Waals surface area contributed by atoms with Gasteiger partial charge in [0.25, 0.3) is 0 Å². The van der Waals surface area contributed by atoms with Crippen molar-refractivity contribution in [2.75, 3.05) is 0 Å². The molecule has 10 aromatic rings. The molecule has 0 aliphatic heterocycles. The Balaban J connectivity index is 1.08. The van der Waals surface area contributed by atoms with Gasteiger partial charge in [-0.3, -0.25) is 0 Å². The minimum atomic E-state index is 0.585. The smallest absolute Gasteiger partial charge is 0.164 e. The lowest BCUT2D eigenvalue weighted by Gasteiger charge is -2.10. The number of rotatable bonds is 6. The fraction of sp³-hybridized carbons (Fsp3) is 0. The van der Waals surface area contributed by atoms with Crippen molar-refractivity contribution in [1.82, 2.24) is 15.0 Å². The van der Waals surface area contributed by atoms with E-state index in [1.54, 1.807) is 0 Å². The van der Waals surface area contributed by atoms with Crippen LogP contribution in [0.5, 0.6) is 0 Å². The van der Waals surface area contributed by atoms with E-state index in [2.05, 4.69) is 170 Å². The van der Waals surface area contributed by atoms with Crippen LogP contribution in [0, 0.1) is 0 Å². The quantitative estimate of drug-likeness (QED) is 0.176. The summed E-state index contributed by atoms with van der Waals surface area (Å²) in [5, 5.41) is 4.58. The van der Waals surface area contributed by atoms with Crippen LogP contribution < -0.4 is 0 Å². The van der Waals surface area contributed by atoms with Crippen molar-refractivity contribution in [1.29, 1.82) is 0 Å². The summed E-state index contributed by atoms with van der Waals surface area (Å²) in [5.74, 6) is 1.81. The van der Waals surface area contributed by atoms with E-state index in [-0.39, 0.29) is 0 Å². The Morgan fingerprint density at radius 1 is 0.302 bits per heavy atom. The Morgan fingerprint density at radius 3 is 1.42 bits per heavy atom. The van der Waals surface area contributed by atoms with Gasteiger partial charge in [0.2, 0.25) is 0 Å². The molecule has 0 fully saturated rings. The van der Waals surface area contributed by atoms with E-state index >= 15 is 0 Å². The van der Waals surface area contributed by atoms with Crippen LogP contribution in [0.4, 0.5) is 0 Å². The molecule has 0 radical (unpaired) electrons. The van der Waals surface area contributed by atoms with E-state index in [1.165, 1.54) is 10.8 Å². The monoisotopic (exact) mass is 677 g/mol. The summed E-state index contributed by atoms with van der Waals surface area (Å²) in [6.07, 6.45) is 0. The lowest BCUT2D eigenvalue weighted by Crippen LogP contribution is -2.00. The molecular weight excluding hydrogens is 647 g/mol. The first-order valence-corrected chi connectivity index (χ1v) is 17.8. The standard InChI is InChI=1S/C49H31N3O/c1-3-10-32(11-4-1)35-18-23-37(24-19-35)47-50-48(38-25-20-36(21-26-38)33-12-5-2-6-13-33)52-49(51-47)41-28-29-43-45(31-41)53-44-17-9-16-42(46(43)44)40-27-22-34-14-7-8-15-39(34)30-40/h1-31H. The lowest BCUT2D eigenvalue weighted by molar-refractivity contribution is 0.669. The molecule has 0 N–H and O–H groups in total. The summed E-state index contributed by atoms with van der Waals surface area (Å²) in [6, 6.07) is 65.2. The molecule has 0 amide bonds. The second-order valence-corrected chi connectivity index (χ2v) is 13.2. The van der Waals surface area contributed by atoms with Crippen LogP contribution >= 0.6 is 0 Å². The average Bonchev–Trinajstić information content (AvgIpc) is 3.62. The highest BCUT2D eigenvalue weighted by Crippen LogP contribution is 2.39. The number of fused-ring (bicyclic) bond motifs is 4. The van der Waals surface area contributed by atoms with Gasteiger partial charge in [-0.1, -0.05) is 164 Å². The van der Waals surface area contributed by atoms with Crippen LogP contribution in [0.25, 0.3) is 100 Å². The van der Waals surface area contributed by atoms with Gasteiger partial charge in [-0.25, -0.2) is 15.0 Å². The second kappa shape index (κ2) is 12.9. The first-order valence-electron chi connectivity index (χ1n) is 17.8. The number of hydrogen-bond acceptors (Lipinski definition) is 4. The van der Waals surface area contributed by atoms with Gasteiger partial charge in [0.1, 0.15) is 11.2 Å². The summed E-state index contributed by atoms with van der Waals surface area (Å²) in [7, 11) is 0. The Bertz CT molecular complexity index is 2810. The molecule has 4 nitrogen and oxygen atoms in total. The normalized spacial score (nSPS) is 11.4. The number of aromatic nitrogens is 3. The lowest BCUT2D eigenvalue weighted by atomic mass is 9.97. The molecule has 0 saturated heterocycles. The van der Waals surface area contributed by atoms with Gasteiger partial charge in [0.05, 0.1) is 0 Å². The first-order chi connectivity index (χ1) is 26.2. The fourth-order valence-corrected chi connectivity index (χ4v) is 7.21. The summed E-state index contributed by atoms with van der Waals surface area (Å²) in [5.41, 5.74) is 11.2. The zero-order valence-corrected chi connectivity index (χ0v) is 28.6. The van der Waals surface area contributed by atoms with E-state index in [9.17, 15) is 0 Å². The third kappa shape index (κ3) is 5.73. The van der Waals surface area contributed by atoms with Gasteiger partial charge in [-0.2, -0.15) is 0 Å². The minimum absolute atomic E-state index is 0.585. The van der Waals surface area contributed by atoms with Crippen molar-refractivity contribution in [2.45, 2.75) is 0 Å². The molecule has 0 aliphatic carbocycles. The number of furan rings is 1. The van der Waals surface area contributed by atoms with Crippen molar-refractivity contribution < 1.29 is 4.42 Å². The van der Waals surface area contributed by atoms with Gasteiger partial charge >= 0.3 is 0 Å². The van der Waals surface area contributed by atoms with E-state index in [0.29, 0.717) is 17.5 Å². The maximum absolute atomic E-state index is 6.53. The largest absolute Gasteiger partial charge is 0.456 e. The predicted octanol–water partition coefficient (Wildman–Crippen LogP) is 12.9. The molecule has 10 rings (SSSR count). The highest BCUT2D eigenvalue weighted by atomic mass is 16.3. The van der Waals surface area contributed by atoms with Crippen LogP contribution in [0.15, 0.2) is 192 Å². The van der Waals surface area contributed by atoms with Gasteiger partial charge in [-0.15, -0.1) is 0 Å². The molecule has 0 unspecified atom stereocenters. The molecule has 0 bridgehead atoms. The average molecular weight is 678 g/mol. The van der Waals surface area contributed by atoms with Crippen LogP contribution in [-0.4, -0.2) is 15.0 Å². The van der Waals surface area contributed by atoms with Crippen LogP contribution in [0.2, 0.25) is 0 Å². The zero-order valence-electron chi connectivity index (χ0n) is 28.6. The summed E-state index contributed by atoms with van der Waals surface area (Å²) < 4.78 is 6.53. The molecule has 2 aromatic heterocycles. The summed E-state index contributed by atoms with van der Waals surface area (Å²) in [6.45, 7) is 0. The topological polar surface area (TPSA) is 51.8 Å². The zero-order chi connectivity index (χ0) is 35.1. The Hall–Kier alpha value is -7.17. The molecule has 0 saturated carbocycles. The van der Waals surface area contributed by atoms with Crippen molar-refractivity contribution in [3.63, 3.8) is 0 Å². The number of nitrogens with zero attached hydrogens (tertiary/aromatic N) is 3. The maximum atomic E-state index is 6.53. The van der Waals surface area contributed by atoms with E-state index < -0.39 is 0 Å². The Kier molecular flexibility index (Phi) is 7.43. The molecule has 4 heteroatoms. The molecule has 8 aromatic carbocycles. The van der Waals surface area contributed by atoms with Crippen molar-refractivity contribution >= 4 is 32.7 Å². The minimum Gasteiger partial charge on any atom is -0.456 e. The van der Waals surface area contributed by atoms with Gasteiger partial charge in [0.15, 0.2) is 17.5 Å². The molecule has 53 heavy (non-hydrogen) atoms. The van der Waals surface area contributed by atoms with Gasteiger partial charge < -0.3 is 4.42 Å². The van der Waals surface area contributed by atoms with E-state index in [1.807, 2.05) is 18.2 Å². The Morgan fingerprint density at radius 2 is 0.792 bits per heavy atom. The highest BCUT2D eigenvalue weighted by Gasteiger charge is 2.17. The number of benzene rings is 8. The third-order valence-electron chi connectivity index (χ3n) is 9.95. The second-order valence-electron chi connectivity index (χ2n) is 13.2. The van der Waals surface area contributed by atoms with Crippen LogP contribution in [-0.2, 0) is 0 Å². The highest BCUT2D eigenvalue weighted by molar-refractivity contribution is 6.13. The van der Waals surface area contributed by atoms with Crippen molar-refractivity contribution in [3.05, 3.63) is 188 Å². The van der Waals surface area contributed by atoms with Crippen molar-refractivity contribution in [3.8, 4) is 67.5 Å². The molecule has 0 spiro atoms. The molecule has 2 heterocycles. The van der Waals surface area contributed by atoms with E-state index in [0.717, 1.165) is 72.0 Å². The Labute approximate surface area is 306 Å². The van der Waals surface area contributed by atoms with Crippen LogP contribution in [0.1, 0.15) is 0 Å². The maximum Gasteiger partial charge on any atom is 0.164 e.